The van der Waals surface area contributed by atoms with Gasteiger partial charge in [0.05, 0.1) is 19.2 Å². The number of hydrogen-bond donors (Lipinski definition) is 2. The fourth-order valence-corrected chi connectivity index (χ4v) is 2.74. The fourth-order valence-electron chi connectivity index (χ4n) is 2.74. The van der Waals surface area contributed by atoms with Crippen molar-refractivity contribution in [1.29, 1.82) is 5.26 Å². The van der Waals surface area contributed by atoms with Crippen LogP contribution < -0.4 is 5.32 Å². The molecule has 0 saturated carbocycles. The van der Waals surface area contributed by atoms with Crippen molar-refractivity contribution in [2.45, 2.75) is 18.6 Å². The minimum atomic E-state index is -1.19. The van der Waals surface area contributed by atoms with E-state index in [-0.39, 0.29) is 36.3 Å². The van der Waals surface area contributed by atoms with Gasteiger partial charge in [-0.2, -0.15) is 29.5 Å². The van der Waals surface area contributed by atoms with E-state index < -0.39 is 24.0 Å². The molecule has 1 aromatic heterocycles. The smallest absolute Gasteiger partial charge is 0.251 e. The summed E-state index contributed by atoms with van der Waals surface area (Å²) in [6.07, 6.45) is 0.392. The molecule has 6 nitrogen and oxygen atoms in total. The number of fused-ring (bicyclic) bond motifs is 1. The van der Waals surface area contributed by atoms with Gasteiger partial charge in [0.2, 0.25) is 5.91 Å². The number of carbonyl (C=O) groups excluding carboxylic acids is 2. The van der Waals surface area contributed by atoms with E-state index in [9.17, 15) is 14.0 Å². The number of halogens is 1. The zero-order valence-electron chi connectivity index (χ0n) is 12.5. The van der Waals surface area contributed by atoms with Gasteiger partial charge in [-0.1, -0.05) is 10.9 Å². The average molecular weight is 372 g/mol. The Morgan fingerprint density at radius 2 is 2.33 bits per heavy atom. The molecule has 0 bridgehead atoms. The Bertz CT molecular complexity index is 801. The molecule has 2 amide bonds. The van der Waals surface area contributed by atoms with E-state index in [2.05, 4.69) is 16.4 Å². The summed E-state index contributed by atoms with van der Waals surface area (Å²) in [6, 6.07) is 9.21. The van der Waals surface area contributed by atoms with E-state index in [1.165, 1.54) is 4.90 Å². The Hall–Kier alpha value is -2.37. The Kier molecular flexibility index (Phi) is 5.59. The molecule has 1 fully saturated rings. The van der Waals surface area contributed by atoms with E-state index in [4.69, 9.17) is 5.26 Å². The second-order valence-corrected chi connectivity index (χ2v) is 5.38. The topological polar surface area (TPSA) is 89.0 Å². The third kappa shape index (κ3) is 3.42. The first kappa shape index (κ1) is 18.0. The summed E-state index contributed by atoms with van der Waals surface area (Å²) in [4.78, 5) is 28.4. The molecule has 127 valence electrons. The number of carbonyl (C=O) groups is 2. The van der Waals surface area contributed by atoms with Gasteiger partial charge in [-0.25, -0.2) is 4.39 Å². The molecule has 1 unspecified atom stereocenters. The standard InChI is InChI=1S/C16H14FN4O2.Co/c17-10-5-11(6-18)21(9-10)15(22)8-20-16(23)13-7-19-14-4-2-1-3-12(13)14;/h1,3-4,7,10-11,19H,5,8-9H2,(H,20,23);/q-1;/t10?,11-;/m0./s1. The van der Waals surface area contributed by atoms with Crippen LogP contribution in [0.5, 0.6) is 0 Å². The molecule has 0 aliphatic carbocycles. The van der Waals surface area contributed by atoms with Crippen molar-refractivity contribution in [2.75, 3.05) is 13.1 Å². The number of benzene rings is 1. The molecule has 2 heterocycles. The minimum absolute atomic E-state index is 0. The molecule has 8 heteroatoms. The van der Waals surface area contributed by atoms with Gasteiger partial charge in [0, 0.05) is 35.0 Å². The summed E-state index contributed by atoms with van der Waals surface area (Å²) in [6.45, 7) is -0.370. The van der Waals surface area contributed by atoms with Crippen LogP contribution >= 0.6 is 0 Å². The van der Waals surface area contributed by atoms with Crippen molar-refractivity contribution in [3.8, 4) is 6.07 Å². The van der Waals surface area contributed by atoms with Crippen molar-refractivity contribution in [3.63, 3.8) is 0 Å². The molecular formula is C16H14CoFN4O2-. The van der Waals surface area contributed by atoms with Crippen molar-refractivity contribution in [3.05, 3.63) is 36.0 Å². The minimum Gasteiger partial charge on any atom is -0.413 e. The third-order valence-electron chi connectivity index (χ3n) is 3.89. The van der Waals surface area contributed by atoms with Crippen LogP contribution in [0.25, 0.3) is 10.9 Å². The molecular weight excluding hydrogens is 358 g/mol. The van der Waals surface area contributed by atoms with Crippen LogP contribution in [0, 0.1) is 17.4 Å². The van der Waals surface area contributed by atoms with Gasteiger partial charge in [0.25, 0.3) is 5.91 Å². The normalized spacial score (nSPS) is 19.6. The largest absolute Gasteiger partial charge is 0.413 e. The van der Waals surface area contributed by atoms with Gasteiger partial charge in [-0.05, 0) is 0 Å². The summed E-state index contributed by atoms with van der Waals surface area (Å²) in [5, 5.41) is 12.2. The molecule has 2 aromatic rings. The first-order chi connectivity index (χ1) is 11.1. The van der Waals surface area contributed by atoms with Gasteiger partial charge in [-0.15, -0.1) is 0 Å². The number of alkyl halides is 1. The second-order valence-electron chi connectivity index (χ2n) is 5.38. The molecule has 1 aliphatic rings. The molecule has 1 aliphatic heterocycles. The Morgan fingerprint density at radius 1 is 1.54 bits per heavy atom. The second kappa shape index (κ2) is 7.46. The monoisotopic (exact) mass is 372 g/mol. The molecule has 24 heavy (non-hydrogen) atoms. The molecule has 1 saturated heterocycles. The molecule has 0 spiro atoms. The first-order valence-electron chi connectivity index (χ1n) is 7.18. The van der Waals surface area contributed by atoms with E-state index in [1.807, 2.05) is 6.07 Å². The van der Waals surface area contributed by atoms with E-state index in [0.717, 1.165) is 10.9 Å². The molecule has 2 atom stereocenters. The predicted molar refractivity (Wildman–Crippen MR) is 80.1 cm³/mol. The van der Waals surface area contributed by atoms with Crippen LogP contribution in [0.2, 0.25) is 0 Å². The number of amides is 2. The van der Waals surface area contributed by atoms with Gasteiger partial charge >= 0.3 is 0 Å². The summed E-state index contributed by atoms with van der Waals surface area (Å²) in [7, 11) is 0. The molecule has 1 aromatic carbocycles. The summed E-state index contributed by atoms with van der Waals surface area (Å²) < 4.78 is 13.3. The van der Waals surface area contributed by atoms with Gasteiger partial charge < -0.3 is 15.2 Å². The first-order valence-corrected chi connectivity index (χ1v) is 7.18. The van der Waals surface area contributed by atoms with Crippen LogP contribution in [0.3, 0.4) is 0 Å². The zero-order valence-corrected chi connectivity index (χ0v) is 13.5. The van der Waals surface area contributed by atoms with Gasteiger partial charge in [0.15, 0.2) is 0 Å². The number of likely N-dealkylation sites (tertiary alicyclic amines) is 1. The zero-order chi connectivity index (χ0) is 16.4. The number of H-pyrrole nitrogens is 1. The maximum atomic E-state index is 13.3. The number of nitriles is 1. The van der Waals surface area contributed by atoms with E-state index in [0.29, 0.717) is 5.56 Å². The Balaban J connectivity index is 0.00000208. The van der Waals surface area contributed by atoms with Crippen LogP contribution in [-0.4, -0.2) is 47.0 Å². The number of aromatic amines is 1. The quantitative estimate of drug-likeness (QED) is 0.793. The number of nitrogens with one attached hydrogen (secondary N) is 2. The Morgan fingerprint density at radius 3 is 3.08 bits per heavy atom. The van der Waals surface area contributed by atoms with E-state index >= 15 is 0 Å². The van der Waals surface area contributed by atoms with Gasteiger partial charge in [-0.3, -0.25) is 9.59 Å². The number of rotatable bonds is 3. The van der Waals surface area contributed by atoms with Gasteiger partial charge in [0.1, 0.15) is 12.2 Å². The molecule has 3 rings (SSSR count). The average Bonchev–Trinajstić information content (AvgIpc) is 3.15. The predicted octanol–water partition coefficient (Wildman–Crippen LogP) is 1.16. The van der Waals surface area contributed by atoms with Crippen molar-refractivity contribution >= 4 is 22.7 Å². The van der Waals surface area contributed by atoms with E-state index in [1.54, 1.807) is 24.4 Å². The number of aromatic nitrogens is 1. The number of nitrogens with zero attached hydrogens (tertiary/aromatic N) is 2. The van der Waals surface area contributed by atoms with Crippen LogP contribution in [0.15, 0.2) is 24.4 Å². The Labute approximate surface area is 148 Å². The summed E-state index contributed by atoms with van der Waals surface area (Å²) >= 11 is 0. The van der Waals surface area contributed by atoms with Crippen molar-refractivity contribution in [2.24, 2.45) is 0 Å². The maximum Gasteiger partial charge on any atom is 0.251 e. The summed E-state index contributed by atoms with van der Waals surface area (Å²) in [5.74, 6) is -0.862. The molecule has 2 N–H and O–H groups in total. The summed E-state index contributed by atoms with van der Waals surface area (Å²) in [5.41, 5.74) is 1.19. The fraction of sp³-hybridized carbons (Fsp3) is 0.312. The van der Waals surface area contributed by atoms with Crippen molar-refractivity contribution in [1.82, 2.24) is 15.2 Å². The third-order valence-corrected chi connectivity index (χ3v) is 3.89. The van der Waals surface area contributed by atoms with Crippen LogP contribution in [0.4, 0.5) is 4.39 Å². The van der Waals surface area contributed by atoms with Crippen molar-refractivity contribution < 1.29 is 30.8 Å². The molecule has 1 radical (unpaired) electrons. The van der Waals surface area contributed by atoms with Crippen LogP contribution in [0.1, 0.15) is 16.8 Å². The SMILES string of the molecule is N#C[C@@H]1CC(F)CN1C(=O)CNC(=O)c1c[nH]c2c[c-]ccc12.[Co]. The number of hydrogen-bond acceptors (Lipinski definition) is 3. The van der Waals surface area contributed by atoms with Crippen LogP contribution in [-0.2, 0) is 21.6 Å². The maximum absolute atomic E-state index is 13.3.